The van der Waals surface area contributed by atoms with Gasteiger partial charge in [0.15, 0.2) is 0 Å². The molecule has 0 unspecified atom stereocenters. The number of hydrogen-bond donors (Lipinski definition) is 0. The zero-order valence-corrected chi connectivity index (χ0v) is 15.3. The summed E-state index contributed by atoms with van der Waals surface area (Å²) in [4.78, 5) is 16.4. The van der Waals surface area contributed by atoms with E-state index >= 15 is 0 Å². The van der Waals surface area contributed by atoms with Crippen LogP contribution in [0.2, 0.25) is 0 Å². The maximum absolute atomic E-state index is 10.4. The Labute approximate surface area is 153 Å². The van der Waals surface area contributed by atoms with Gasteiger partial charge in [-0.25, -0.2) is 4.98 Å². The molecule has 1 aromatic heterocycles. The molecule has 0 spiro atoms. The summed E-state index contributed by atoms with van der Waals surface area (Å²) in [6, 6.07) is 18.5. The van der Waals surface area contributed by atoms with Crippen molar-refractivity contribution in [3.05, 3.63) is 65.0 Å². The fourth-order valence-electron chi connectivity index (χ4n) is 2.40. The molecule has 0 atom stereocenters. The van der Waals surface area contributed by atoms with E-state index < -0.39 is 0 Å². The molecule has 0 aliphatic heterocycles. The predicted octanol–water partition coefficient (Wildman–Crippen LogP) is 5.09. The molecule has 2 aromatic carbocycles. The highest BCUT2D eigenvalue weighted by Crippen LogP contribution is 2.34. The quantitative estimate of drug-likeness (QED) is 0.314. The van der Waals surface area contributed by atoms with Gasteiger partial charge in [0.05, 0.1) is 12.3 Å². The SMILES string of the molecule is O=COCCc1sc(-c2ccc(CBr)cc2)nc1-c1ccccc1. The molecule has 0 aliphatic carbocycles. The van der Waals surface area contributed by atoms with E-state index in [-0.39, 0.29) is 0 Å². The minimum Gasteiger partial charge on any atom is -0.468 e. The van der Waals surface area contributed by atoms with E-state index in [1.54, 1.807) is 11.3 Å². The van der Waals surface area contributed by atoms with Crippen LogP contribution in [0.15, 0.2) is 54.6 Å². The third-order valence-corrected chi connectivity index (χ3v) is 5.43. The molecule has 0 saturated carbocycles. The number of ether oxygens (including phenoxy) is 1. The zero-order chi connectivity index (χ0) is 16.8. The number of halogens is 1. The topological polar surface area (TPSA) is 39.2 Å². The van der Waals surface area contributed by atoms with Gasteiger partial charge in [0, 0.05) is 27.8 Å². The molecule has 0 amide bonds. The summed E-state index contributed by atoms with van der Waals surface area (Å²) >= 11 is 5.12. The average molecular weight is 402 g/mol. The van der Waals surface area contributed by atoms with Crippen molar-refractivity contribution in [2.75, 3.05) is 6.61 Å². The minimum absolute atomic E-state index is 0.369. The van der Waals surface area contributed by atoms with Crippen LogP contribution in [0.5, 0.6) is 0 Å². The fourth-order valence-corrected chi connectivity index (χ4v) is 3.85. The molecule has 0 bridgehead atoms. The molecule has 0 aliphatic rings. The fraction of sp³-hybridized carbons (Fsp3) is 0.158. The van der Waals surface area contributed by atoms with Crippen LogP contribution in [0.4, 0.5) is 0 Å². The molecule has 3 rings (SSSR count). The summed E-state index contributed by atoms with van der Waals surface area (Å²) in [6.07, 6.45) is 0.667. The van der Waals surface area contributed by atoms with Gasteiger partial charge in [0.25, 0.3) is 6.47 Å². The third-order valence-electron chi connectivity index (χ3n) is 3.61. The molecule has 0 radical (unpaired) electrons. The van der Waals surface area contributed by atoms with Crippen LogP contribution in [0.1, 0.15) is 10.4 Å². The highest BCUT2D eigenvalue weighted by Gasteiger charge is 2.14. The highest BCUT2D eigenvalue weighted by molar-refractivity contribution is 9.08. The number of alkyl halides is 1. The second-order valence-electron chi connectivity index (χ2n) is 5.20. The predicted molar refractivity (Wildman–Crippen MR) is 101 cm³/mol. The lowest BCUT2D eigenvalue weighted by Crippen LogP contribution is -1.96. The first kappa shape index (κ1) is 16.9. The largest absolute Gasteiger partial charge is 0.468 e. The highest BCUT2D eigenvalue weighted by atomic mass is 79.9. The molecule has 3 nitrogen and oxygen atoms in total. The Bertz CT molecular complexity index is 800. The second-order valence-corrected chi connectivity index (χ2v) is 6.85. The van der Waals surface area contributed by atoms with Crippen LogP contribution in [0, 0.1) is 0 Å². The molecular formula is C19H16BrNO2S. The van der Waals surface area contributed by atoms with Gasteiger partial charge in [-0.2, -0.15) is 0 Å². The number of nitrogens with zero attached hydrogens (tertiary/aromatic N) is 1. The standard InChI is InChI=1S/C19H16BrNO2S/c20-12-14-6-8-16(9-7-14)19-21-18(15-4-2-1-3-5-15)17(24-19)10-11-23-13-22/h1-9,13H,10-12H2. The van der Waals surface area contributed by atoms with Crippen molar-refractivity contribution in [3.63, 3.8) is 0 Å². The minimum atomic E-state index is 0.369. The first-order valence-corrected chi connectivity index (χ1v) is 9.51. The number of carbonyl (C=O) groups is 1. The van der Waals surface area contributed by atoms with Gasteiger partial charge < -0.3 is 4.74 Å². The molecular weight excluding hydrogens is 386 g/mol. The molecule has 3 aromatic rings. The first-order chi connectivity index (χ1) is 11.8. The summed E-state index contributed by atoms with van der Waals surface area (Å²) in [5, 5.41) is 1.82. The lowest BCUT2D eigenvalue weighted by atomic mass is 10.1. The number of hydrogen-bond acceptors (Lipinski definition) is 4. The Morgan fingerprint density at radius 2 is 1.79 bits per heavy atom. The summed E-state index contributed by atoms with van der Waals surface area (Å²) < 4.78 is 4.87. The number of thiazole rings is 1. The molecule has 0 saturated heterocycles. The maximum Gasteiger partial charge on any atom is 0.293 e. The second kappa shape index (κ2) is 8.22. The van der Waals surface area contributed by atoms with Crippen molar-refractivity contribution in [2.24, 2.45) is 0 Å². The third kappa shape index (κ3) is 3.91. The van der Waals surface area contributed by atoms with Crippen molar-refractivity contribution >= 4 is 33.7 Å². The first-order valence-electron chi connectivity index (χ1n) is 7.57. The summed E-state index contributed by atoms with van der Waals surface area (Å²) in [6.45, 7) is 0.858. The summed E-state index contributed by atoms with van der Waals surface area (Å²) in [5.41, 5.74) is 4.38. The Kier molecular flexibility index (Phi) is 5.77. The van der Waals surface area contributed by atoms with Crippen LogP contribution in [0.25, 0.3) is 21.8 Å². The van der Waals surface area contributed by atoms with Crippen LogP contribution >= 0.6 is 27.3 Å². The molecule has 0 N–H and O–H groups in total. The lowest BCUT2D eigenvalue weighted by molar-refractivity contribution is -0.128. The van der Waals surface area contributed by atoms with E-state index in [9.17, 15) is 4.79 Å². The van der Waals surface area contributed by atoms with Gasteiger partial charge in [-0.1, -0.05) is 70.5 Å². The van der Waals surface area contributed by atoms with Crippen molar-refractivity contribution in [3.8, 4) is 21.8 Å². The molecule has 5 heteroatoms. The van der Waals surface area contributed by atoms with Crippen molar-refractivity contribution in [2.45, 2.75) is 11.8 Å². The normalized spacial score (nSPS) is 10.5. The Morgan fingerprint density at radius 1 is 1.04 bits per heavy atom. The number of carbonyl (C=O) groups excluding carboxylic acids is 1. The van der Waals surface area contributed by atoms with Gasteiger partial charge >= 0.3 is 0 Å². The van der Waals surface area contributed by atoms with Gasteiger partial charge in [-0.15, -0.1) is 11.3 Å². The van der Waals surface area contributed by atoms with Gasteiger partial charge in [0.1, 0.15) is 5.01 Å². The van der Waals surface area contributed by atoms with Crippen molar-refractivity contribution in [1.82, 2.24) is 4.98 Å². The maximum atomic E-state index is 10.4. The Morgan fingerprint density at radius 3 is 2.46 bits per heavy atom. The van der Waals surface area contributed by atoms with E-state index in [1.165, 1.54) is 5.56 Å². The Hall–Kier alpha value is -1.98. The van der Waals surface area contributed by atoms with Crippen LogP contribution in [0.3, 0.4) is 0 Å². The van der Waals surface area contributed by atoms with E-state index in [4.69, 9.17) is 9.72 Å². The number of benzene rings is 2. The van der Waals surface area contributed by atoms with E-state index in [1.807, 2.05) is 18.2 Å². The van der Waals surface area contributed by atoms with E-state index in [0.717, 1.165) is 32.0 Å². The van der Waals surface area contributed by atoms with Crippen LogP contribution in [-0.2, 0) is 21.3 Å². The van der Waals surface area contributed by atoms with E-state index in [2.05, 4.69) is 52.3 Å². The zero-order valence-electron chi connectivity index (χ0n) is 12.9. The Balaban J connectivity index is 1.96. The van der Waals surface area contributed by atoms with Crippen molar-refractivity contribution < 1.29 is 9.53 Å². The molecule has 1 heterocycles. The monoisotopic (exact) mass is 401 g/mol. The van der Waals surface area contributed by atoms with Gasteiger partial charge in [-0.3, -0.25) is 4.79 Å². The van der Waals surface area contributed by atoms with Crippen LogP contribution < -0.4 is 0 Å². The lowest BCUT2D eigenvalue weighted by Gasteiger charge is -2.01. The van der Waals surface area contributed by atoms with E-state index in [0.29, 0.717) is 19.5 Å². The number of rotatable bonds is 7. The van der Waals surface area contributed by atoms with Gasteiger partial charge in [0.2, 0.25) is 0 Å². The van der Waals surface area contributed by atoms with Crippen LogP contribution in [-0.4, -0.2) is 18.1 Å². The molecule has 0 fully saturated rings. The average Bonchev–Trinajstić information content (AvgIpc) is 3.07. The smallest absolute Gasteiger partial charge is 0.293 e. The summed E-state index contributed by atoms with van der Waals surface area (Å²) in [7, 11) is 0. The van der Waals surface area contributed by atoms with Crippen molar-refractivity contribution in [1.29, 1.82) is 0 Å². The molecule has 24 heavy (non-hydrogen) atoms. The summed E-state index contributed by atoms with van der Waals surface area (Å²) in [5.74, 6) is 0. The molecule has 122 valence electrons. The van der Waals surface area contributed by atoms with Gasteiger partial charge in [-0.05, 0) is 5.56 Å². The number of aromatic nitrogens is 1.